The average molecular weight is 779 g/mol. The van der Waals surface area contributed by atoms with E-state index in [0.717, 1.165) is 75.5 Å². The zero-order chi connectivity index (χ0) is 40.6. The molecule has 2 atom stereocenters. The standard InChI is InChI=1S/C49H94O6/c1-7-45(6)37-31-25-21-22-28-34-40-49(52)55-46(42-54-48(51)39-33-27-20-16-12-11-14-18-24-30-36-44(4)5)41-53-47(50)38-32-26-19-15-10-8-9-13-17-23-29-35-43(2)3/h43-46H,7-42H2,1-6H3/t45?,46-/m0/s1. The first kappa shape index (κ1) is 53.4. The molecule has 0 amide bonds. The summed E-state index contributed by atoms with van der Waals surface area (Å²) in [4.78, 5) is 37.8. The number of carbonyl (C=O) groups excluding carboxylic acids is 3. The molecule has 0 aliphatic heterocycles. The van der Waals surface area contributed by atoms with Gasteiger partial charge in [-0.2, -0.15) is 0 Å². The summed E-state index contributed by atoms with van der Waals surface area (Å²) < 4.78 is 16.7. The van der Waals surface area contributed by atoms with E-state index in [9.17, 15) is 14.4 Å². The number of hydrogen-bond donors (Lipinski definition) is 0. The summed E-state index contributed by atoms with van der Waals surface area (Å²) in [6.45, 7) is 13.7. The molecule has 0 N–H and O–H groups in total. The Bertz CT molecular complexity index is 854. The molecular formula is C49H94O6. The van der Waals surface area contributed by atoms with Gasteiger partial charge in [-0.25, -0.2) is 0 Å². The molecule has 0 aromatic carbocycles. The fourth-order valence-corrected chi connectivity index (χ4v) is 7.20. The van der Waals surface area contributed by atoms with Gasteiger partial charge < -0.3 is 14.2 Å². The van der Waals surface area contributed by atoms with Crippen LogP contribution in [0.15, 0.2) is 0 Å². The van der Waals surface area contributed by atoms with Crippen LogP contribution in [0.1, 0.15) is 260 Å². The second-order valence-electron chi connectivity index (χ2n) is 17.9. The molecule has 0 saturated heterocycles. The lowest BCUT2D eigenvalue weighted by molar-refractivity contribution is -0.167. The summed E-state index contributed by atoms with van der Waals surface area (Å²) in [6.07, 6.45) is 38.0. The molecule has 0 saturated carbocycles. The van der Waals surface area contributed by atoms with Crippen LogP contribution in [0.2, 0.25) is 0 Å². The average Bonchev–Trinajstić information content (AvgIpc) is 3.15. The molecule has 0 radical (unpaired) electrons. The van der Waals surface area contributed by atoms with Crippen molar-refractivity contribution in [1.29, 1.82) is 0 Å². The molecule has 0 heterocycles. The number of unbranched alkanes of at least 4 members (excludes halogenated alkanes) is 24. The van der Waals surface area contributed by atoms with Crippen LogP contribution in [0.4, 0.5) is 0 Å². The Morgan fingerprint density at radius 1 is 0.364 bits per heavy atom. The highest BCUT2D eigenvalue weighted by atomic mass is 16.6. The Morgan fingerprint density at radius 3 is 0.945 bits per heavy atom. The molecule has 6 nitrogen and oxygen atoms in total. The predicted octanol–water partition coefficient (Wildman–Crippen LogP) is 15.2. The van der Waals surface area contributed by atoms with Crippen LogP contribution in [0.5, 0.6) is 0 Å². The van der Waals surface area contributed by atoms with E-state index in [2.05, 4.69) is 41.5 Å². The first-order chi connectivity index (χ1) is 26.6. The van der Waals surface area contributed by atoms with Crippen molar-refractivity contribution in [2.75, 3.05) is 13.2 Å². The maximum Gasteiger partial charge on any atom is 0.306 e. The molecule has 0 aliphatic carbocycles. The molecule has 0 bridgehead atoms. The van der Waals surface area contributed by atoms with Crippen molar-refractivity contribution < 1.29 is 28.6 Å². The number of hydrogen-bond acceptors (Lipinski definition) is 6. The van der Waals surface area contributed by atoms with Crippen molar-refractivity contribution in [3.05, 3.63) is 0 Å². The van der Waals surface area contributed by atoms with Gasteiger partial charge in [-0.05, 0) is 37.0 Å². The minimum atomic E-state index is -0.762. The normalized spacial score (nSPS) is 12.7. The molecule has 0 spiro atoms. The number of ether oxygens (including phenoxy) is 3. The number of carbonyl (C=O) groups is 3. The second-order valence-corrected chi connectivity index (χ2v) is 17.9. The van der Waals surface area contributed by atoms with E-state index < -0.39 is 6.10 Å². The third-order valence-corrected chi connectivity index (χ3v) is 11.3. The van der Waals surface area contributed by atoms with E-state index in [1.807, 2.05) is 0 Å². The van der Waals surface area contributed by atoms with E-state index in [0.29, 0.717) is 19.3 Å². The largest absolute Gasteiger partial charge is 0.462 e. The van der Waals surface area contributed by atoms with Crippen LogP contribution in [0, 0.1) is 17.8 Å². The van der Waals surface area contributed by atoms with Crippen LogP contribution in [-0.2, 0) is 28.6 Å². The highest BCUT2D eigenvalue weighted by Crippen LogP contribution is 2.17. The Morgan fingerprint density at radius 2 is 0.636 bits per heavy atom. The lowest BCUT2D eigenvalue weighted by Crippen LogP contribution is -2.30. The van der Waals surface area contributed by atoms with Crippen molar-refractivity contribution in [2.24, 2.45) is 17.8 Å². The van der Waals surface area contributed by atoms with Gasteiger partial charge in [0.1, 0.15) is 13.2 Å². The van der Waals surface area contributed by atoms with Crippen LogP contribution in [-0.4, -0.2) is 37.2 Å². The zero-order valence-corrected chi connectivity index (χ0v) is 37.7. The van der Waals surface area contributed by atoms with Gasteiger partial charge in [0.05, 0.1) is 0 Å². The molecule has 55 heavy (non-hydrogen) atoms. The maximum atomic E-state index is 12.7. The van der Waals surface area contributed by atoms with Crippen LogP contribution < -0.4 is 0 Å². The monoisotopic (exact) mass is 779 g/mol. The minimum Gasteiger partial charge on any atom is -0.462 e. The highest BCUT2D eigenvalue weighted by Gasteiger charge is 2.19. The molecule has 0 aromatic rings. The van der Waals surface area contributed by atoms with E-state index in [1.165, 1.54) is 141 Å². The summed E-state index contributed by atoms with van der Waals surface area (Å²) >= 11 is 0. The van der Waals surface area contributed by atoms with E-state index >= 15 is 0 Å². The van der Waals surface area contributed by atoms with Crippen LogP contribution >= 0.6 is 0 Å². The summed E-state index contributed by atoms with van der Waals surface area (Å²) in [6, 6.07) is 0. The predicted molar refractivity (Wildman–Crippen MR) is 233 cm³/mol. The van der Waals surface area contributed by atoms with E-state index in [1.54, 1.807) is 0 Å². The van der Waals surface area contributed by atoms with Crippen LogP contribution in [0.25, 0.3) is 0 Å². The molecule has 0 fully saturated rings. The Labute approximate surface area is 342 Å². The second kappa shape index (κ2) is 40.6. The molecule has 1 unspecified atom stereocenters. The molecule has 326 valence electrons. The Balaban J connectivity index is 4.32. The van der Waals surface area contributed by atoms with Gasteiger partial charge in [0.15, 0.2) is 6.10 Å². The van der Waals surface area contributed by atoms with Gasteiger partial charge >= 0.3 is 17.9 Å². The smallest absolute Gasteiger partial charge is 0.306 e. The molecule has 0 aromatic heterocycles. The van der Waals surface area contributed by atoms with Crippen molar-refractivity contribution in [1.82, 2.24) is 0 Å². The third kappa shape index (κ3) is 41.9. The van der Waals surface area contributed by atoms with Gasteiger partial charge in [0.2, 0.25) is 0 Å². The first-order valence-corrected chi connectivity index (χ1v) is 24.1. The third-order valence-electron chi connectivity index (χ3n) is 11.3. The van der Waals surface area contributed by atoms with Gasteiger partial charge in [-0.15, -0.1) is 0 Å². The number of rotatable bonds is 42. The Hall–Kier alpha value is -1.59. The van der Waals surface area contributed by atoms with Crippen molar-refractivity contribution >= 4 is 17.9 Å². The fourth-order valence-electron chi connectivity index (χ4n) is 7.20. The summed E-state index contributed by atoms with van der Waals surface area (Å²) in [5.41, 5.74) is 0. The molecule has 6 heteroatoms. The lowest BCUT2D eigenvalue weighted by Gasteiger charge is -2.18. The Kier molecular flexibility index (Phi) is 39.4. The quantitative estimate of drug-likeness (QED) is 0.0349. The molecule has 0 rings (SSSR count). The van der Waals surface area contributed by atoms with Gasteiger partial charge in [0, 0.05) is 19.3 Å². The topological polar surface area (TPSA) is 78.9 Å². The fraction of sp³-hybridized carbons (Fsp3) is 0.939. The highest BCUT2D eigenvalue weighted by molar-refractivity contribution is 5.71. The summed E-state index contributed by atoms with van der Waals surface area (Å²) in [5.74, 6) is 1.59. The van der Waals surface area contributed by atoms with Crippen molar-refractivity contribution in [2.45, 2.75) is 266 Å². The lowest BCUT2D eigenvalue weighted by atomic mass is 10.00. The van der Waals surface area contributed by atoms with Crippen LogP contribution in [0.3, 0.4) is 0 Å². The SMILES string of the molecule is CCC(C)CCCCCCCCC(=O)O[C@@H](COC(=O)CCCCCCCCCCCCCC(C)C)COC(=O)CCCCCCCCCCCCC(C)C. The zero-order valence-electron chi connectivity index (χ0n) is 37.7. The van der Waals surface area contributed by atoms with Gasteiger partial charge in [-0.3, -0.25) is 14.4 Å². The summed E-state index contributed by atoms with van der Waals surface area (Å²) in [5, 5.41) is 0. The number of esters is 3. The van der Waals surface area contributed by atoms with E-state index in [4.69, 9.17) is 14.2 Å². The van der Waals surface area contributed by atoms with Crippen molar-refractivity contribution in [3.63, 3.8) is 0 Å². The molecular weight excluding hydrogens is 685 g/mol. The van der Waals surface area contributed by atoms with E-state index in [-0.39, 0.29) is 31.1 Å². The van der Waals surface area contributed by atoms with Crippen molar-refractivity contribution in [3.8, 4) is 0 Å². The minimum absolute atomic E-state index is 0.0662. The maximum absolute atomic E-state index is 12.7. The molecule has 0 aliphatic rings. The first-order valence-electron chi connectivity index (χ1n) is 24.1. The van der Waals surface area contributed by atoms with Gasteiger partial charge in [-0.1, -0.05) is 221 Å². The van der Waals surface area contributed by atoms with Gasteiger partial charge in [0.25, 0.3) is 0 Å². The summed E-state index contributed by atoms with van der Waals surface area (Å²) in [7, 11) is 0.